The Kier molecular flexibility index (Phi) is 3.16. The number of hydrogen-bond donors (Lipinski definition) is 1. The van der Waals surface area contributed by atoms with Crippen LogP contribution >= 0.6 is 0 Å². The minimum atomic E-state index is 0.111. The maximum absolute atomic E-state index is 9.37. The summed E-state index contributed by atoms with van der Waals surface area (Å²) in [5.41, 5.74) is 6.92. The van der Waals surface area contributed by atoms with Gasteiger partial charge in [-0.3, -0.25) is 0 Å². The Hall–Kier alpha value is -2.03. The van der Waals surface area contributed by atoms with Gasteiger partial charge >= 0.3 is 0 Å². The summed E-state index contributed by atoms with van der Waals surface area (Å²) in [5.74, 6) is 0. The summed E-state index contributed by atoms with van der Waals surface area (Å²) in [7, 11) is 0. The molecule has 0 bridgehead atoms. The Morgan fingerprint density at radius 3 is 2.52 bits per heavy atom. The quantitative estimate of drug-likeness (QED) is 0.616. The molecule has 110 valence electrons. The molecule has 3 rings (SSSR count). The Morgan fingerprint density at radius 1 is 1.14 bits per heavy atom. The highest BCUT2D eigenvalue weighted by atomic mass is 16.4. The number of aromatic nitrogens is 1. The van der Waals surface area contributed by atoms with Crippen molar-refractivity contribution in [1.29, 1.82) is 0 Å². The molecule has 0 amide bonds. The molecule has 0 saturated heterocycles. The van der Waals surface area contributed by atoms with Crippen LogP contribution in [0.25, 0.3) is 5.69 Å². The van der Waals surface area contributed by atoms with Crippen LogP contribution in [-0.2, 0) is 6.42 Å². The van der Waals surface area contributed by atoms with Crippen LogP contribution in [0.3, 0.4) is 0 Å². The van der Waals surface area contributed by atoms with Gasteiger partial charge in [0.1, 0.15) is 0 Å². The first kappa shape index (κ1) is 13.9. The van der Waals surface area contributed by atoms with Crippen LogP contribution in [0, 0.1) is 19.3 Å². The lowest BCUT2D eigenvalue weighted by Crippen LogP contribution is -2.28. The summed E-state index contributed by atoms with van der Waals surface area (Å²) < 4.78 is 2.32. The molecular weight excluding hydrogens is 260 g/mol. The van der Waals surface area contributed by atoms with Crippen molar-refractivity contribution in [3.8, 4) is 5.69 Å². The molecule has 1 aliphatic carbocycles. The second-order valence-electron chi connectivity index (χ2n) is 6.83. The van der Waals surface area contributed by atoms with Crippen LogP contribution in [-0.4, -0.2) is 15.5 Å². The average molecular weight is 282 g/mol. The van der Waals surface area contributed by atoms with E-state index in [1.807, 2.05) is 0 Å². The average Bonchev–Trinajstić information content (AvgIpc) is 2.73. The lowest BCUT2D eigenvalue weighted by Gasteiger charge is -2.31. The molecule has 0 atom stereocenters. The summed E-state index contributed by atoms with van der Waals surface area (Å²) in [5, 5.41) is 12.9. The van der Waals surface area contributed by atoms with Crippen molar-refractivity contribution in [2.75, 3.05) is 0 Å². The molecule has 3 nitrogen and oxygen atoms in total. The van der Waals surface area contributed by atoms with E-state index in [1.54, 1.807) is 0 Å². The second-order valence-corrected chi connectivity index (χ2v) is 6.83. The Bertz CT molecular complexity index is 723. The van der Waals surface area contributed by atoms with Crippen LogP contribution in [0.5, 0.6) is 0 Å². The van der Waals surface area contributed by atoms with Crippen molar-refractivity contribution in [3.63, 3.8) is 0 Å². The zero-order chi connectivity index (χ0) is 15.2. The van der Waals surface area contributed by atoms with Gasteiger partial charge in [-0.2, -0.15) is 0 Å². The molecule has 1 aliphatic rings. The van der Waals surface area contributed by atoms with Crippen LogP contribution in [0.4, 0.5) is 0 Å². The standard InChI is InChI=1S/C18H22N2O/c1-12-7-5-6-8-16(12)20-13(2)9-14-15(19-21)10-18(3,4)11-17(14)20/h5-9,21H,10-11H2,1-4H3. The number of para-hydroxylation sites is 1. The fourth-order valence-corrected chi connectivity index (χ4v) is 3.42. The normalized spacial score (nSPS) is 18.8. The molecule has 0 unspecified atom stereocenters. The Balaban J connectivity index is 2.26. The van der Waals surface area contributed by atoms with Crippen LogP contribution in [0.1, 0.15) is 42.8 Å². The lowest BCUT2D eigenvalue weighted by atomic mass is 9.76. The molecule has 1 N–H and O–H groups in total. The zero-order valence-corrected chi connectivity index (χ0v) is 13.1. The van der Waals surface area contributed by atoms with Gasteiger partial charge in [-0.05, 0) is 49.8 Å². The van der Waals surface area contributed by atoms with Crippen molar-refractivity contribution in [2.45, 2.75) is 40.5 Å². The second kappa shape index (κ2) is 4.76. The third-order valence-corrected chi connectivity index (χ3v) is 4.37. The van der Waals surface area contributed by atoms with E-state index in [9.17, 15) is 5.21 Å². The SMILES string of the molecule is Cc1ccccc1-n1c(C)cc2c1CC(C)(C)CC2=NO. The number of fused-ring (bicyclic) bond motifs is 1. The van der Waals surface area contributed by atoms with Crippen molar-refractivity contribution in [2.24, 2.45) is 10.6 Å². The first-order valence-corrected chi connectivity index (χ1v) is 7.41. The molecule has 1 aromatic heterocycles. The topological polar surface area (TPSA) is 37.5 Å². The fraction of sp³-hybridized carbons (Fsp3) is 0.389. The zero-order valence-electron chi connectivity index (χ0n) is 13.1. The molecule has 2 aromatic rings. The minimum absolute atomic E-state index is 0.111. The maximum atomic E-state index is 9.37. The highest BCUT2D eigenvalue weighted by Gasteiger charge is 2.33. The Labute approximate surface area is 125 Å². The van der Waals surface area contributed by atoms with Crippen molar-refractivity contribution < 1.29 is 5.21 Å². The summed E-state index contributed by atoms with van der Waals surface area (Å²) >= 11 is 0. The van der Waals surface area contributed by atoms with E-state index < -0.39 is 0 Å². The van der Waals surface area contributed by atoms with Crippen LogP contribution < -0.4 is 0 Å². The van der Waals surface area contributed by atoms with Crippen molar-refractivity contribution in [3.05, 3.63) is 52.8 Å². The van der Waals surface area contributed by atoms with E-state index in [0.717, 1.165) is 24.1 Å². The largest absolute Gasteiger partial charge is 0.411 e. The number of oxime groups is 1. The lowest BCUT2D eigenvalue weighted by molar-refractivity contribution is 0.305. The van der Waals surface area contributed by atoms with Crippen molar-refractivity contribution >= 4 is 5.71 Å². The van der Waals surface area contributed by atoms with Gasteiger partial charge in [-0.15, -0.1) is 0 Å². The summed E-state index contributed by atoms with van der Waals surface area (Å²) in [6.07, 6.45) is 1.80. The smallest absolute Gasteiger partial charge is 0.0891 e. The number of aryl methyl sites for hydroxylation is 2. The van der Waals surface area contributed by atoms with E-state index in [-0.39, 0.29) is 5.41 Å². The predicted molar refractivity (Wildman–Crippen MR) is 85.7 cm³/mol. The number of benzene rings is 1. The van der Waals surface area contributed by atoms with E-state index in [1.165, 1.54) is 22.6 Å². The van der Waals surface area contributed by atoms with Gasteiger partial charge in [0.05, 0.1) is 5.71 Å². The van der Waals surface area contributed by atoms with E-state index in [2.05, 4.69) is 67.7 Å². The van der Waals surface area contributed by atoms with E-state index >= 15 is 0 Å². The summed E-state index contributed by atoms with van der Waals surface area (Å²) in [6.45, 7) is 8.71. The van der Waals surface area contributed by atoms with Gasteiger partial charge < -0.3 is 9.77 Å². The fourth-order valence-electron chi connectivity index (χ4n) is 3.42. The first-order chi connectivity index (χ1) is 9.93. The predicted octanol–water partition coefficient (Wildman–Crippen LogP) is 4.24. The van der Waals surface area contributed by atoms with E-state index in [4.69, 9.17) is 0 Å². The molecule has 0 saturated carbocycles. The molecule has 0 spiro atoms. The minimum Gasteiger partial charge on any atom is -0.411 e. The molecule has 0 radical (unpaired) electrons. The first-order valence-electron chi connectivity index (χ1n) is 7.41. The van der Waals surface area contributed by atoms with Gasteiger partial charge in [0.2, 0.25) is 0 Å². The maximum Gasteiger partial charge on any atom is 0.0891 e. The third-order valence-electron chi connectivity index (χ3n) is 4.37. The Morgan fingerprint density at radius 2 is 1.86 bits per heavy atom. The number of nitrogens with zero attached hydrogens (tertiary/aromatic N) is 2. The molecule has 3 heteroatoms. The van der Waals surface area contributed by atoms with Gasteiger partial charge in [-0.25, -0.2) is 0 Å². The van der Waals surface area contributed by atoms with Gasteiger partial charge in [0.15, 0.2) is 0 Å². The third kappa shape index (κ3) is 2.27. The monoisotopic (exact) mass is 282 g/mol. The summed E-state index contributed by atoms with van der Waals surface area (Å²) in [6, 6.07) is 10.6. The highest BCUT2D eigenvalue weighted by molar-refractivity contribution is 6.03. The van der Waals surface area contributed by atoms with Gasteiger partial charge in [0.25, 0.3) is 0 Å². The molecular formula is C18H22N2O. The highest BCUT2D eigenvalue weighted by Crippen LogP contribution is 2.38. The molecule has 0 aliphatic heterocycles. The summed E-state index contributed by atoms with van der Waals surface area (Å²) in [4.78, 5) is 0. The van der Waals surface area contributed by atoms with Crippen LogP contribution in [0.2, 0.25) is 0 Å². The van der Waals surface area contributed by atoms with Gasteiger partial charge in [0, 0.05) is 22.6 Å². The molecule has 1 heterocycles. The van der Waals surface area contributed by atoms with Crippen LogP contribution in [0.15, 0.2) is 35.5 Å². The molecule has 0 fully saturated rings. The van der Waals surface area contributed by atoms with E-state index in [0.29, 0.717) is 0 Å². The molecule has 1 aromatic carbocycles. The number of rotatable bonds is 1. The van der Waals surface area contributed by atoms with Gasteiger partial charge in [-0.1, -0.05) is 37.2 Å². The number of hydrogen-bond acceptors (Lipinski definition) is 2. The van der Waals surface area contributed by atoms with Crippen molar-refractivity contribution in [1.82, 2.24) is 4.57 Å². The molecule has 21 heavy (non-hydrogen) atoms.